The zero-order chi connectivity index (χ0) is 27.2. The van der Waals surface area contributed by atoms with Gasteiger partial charge in [-0.2, -0.15) is 12.7 Å². The van der Waals surface area contributed by atoms with Gasteiger partial charge in [0.15, 0.2) is 0 Å². The molecule has 2 aromatic carbocycles. The molecule has 3 aromatic rings. The summed E-state index contributed by atoms with van der Waals surface area (Å²) in [6.45, 7) is 1.06. The fraction of sp³-hybridized carbons (Fsp3) is 0.448. The Hall–Kier alpha value is -2.88. The quantitative estimate of drug-likeness (QED) is 0.140. The van der Waals surface area contributed by atoms with Crippen LogP contribution in [0.3, 0.4) is 0 Å². The Labute approximate surface area is 239 Å². The summed E-state index contributed by atoms with van der Waals surface area (Å²) < 4.78 is 39.8. The van der Waals surface area contributed by atoms with E-state index in [1.54, 1.807) is 18.7 Å². The minimum Gasteiger partial charge on any atom is -1.00 e. The standard InChI is InChI=1S/C29H40N3O5S.ClH/c1-30(2)38(34,35)32-22-21-31(25-32)20-13-8-6-4-3-5-7-12-19-29(33)36-24-26-15-14-18-28(23-26)37-27-16-10-9-11-17-27;/h9-11,14-18,21-23,25H,3-8,12-13,19-20,24H2,1-2H3;1H/q+1;/p-1. The van der Waals surface area contributed by atoms with Crippen LogP contribution in [0.25, 0.3) is 0 Å². The van der Waals surface area contributed by atoms with Gasteiger partial charge in [-0.25, -0.2) is 4.57 Å². The van der Waals surface area contributed by atoms with E-state index in [1.807, 2.05) is 59.2 Å². The summed E-state index contributed by atoms with van der Waals surface area (Å²) in [6, 6.07) is 17.2. The van der Waals surface area contributed by atoms with Crippen LogP contribution >= 0.6 is 0 Å². The van der Waals surface area contributed by atoms with Crippen molar-refractivity contribution in [2.24, 2.45) is 0 Å². The van der Waals surface area contributed by atoms with E-state index in [-0.39, 0.29) is 25.0 Å². The van der Waals surface area contributed by atoms with Crippen molar-refractivity contribution in [2.75, 3.05) is 14.1 Å². The van der Waals surface area contributed by atoms with Gasteiger partial charge in [0.2, 0.25) is 0 Å². The van der Waals surface area contributed by atoms with Crippen molar-refractivity contribution in [3.8, 4) is 11.5 Å². The van der Waals surface area contributed by atoms with E-state index in [9.17, 15) is 13.2 Å². The molecule has 0 N–H and O–H groups in total. The molecule has 0 radical (unpaired) electrons. The van der Waals surface area contributed by atoms with E-state index in [2.05, 4.69) is 0 Å². The van der Waals surface area contributed by atoms with Crippen molar-refractivity contribution in [3.63, 3.8) is 0 Å². The number of carbonyl (C=O) groups is 1. The molecule has 0 saturated carbocycles. The topological polar surface area (TPSA) is 81.7 Å². The van der Waals surface area contributed by atoms with Crippen LogP contribution in [-0.4, -0.2) is 36.8 Å². The highest BCUT2D eigenvalue weighted by atomic mass is 35.5. The Morgan fingerprint density at radius 3 is 2.21 bits per heavy atom. The second-order valence-corrected chi connectivity index (χ2v) is 11.6. The number of aromatic nitrogens is 2. The zero-order valence-electron chi connectivity index (χ0n) is 22.9. The van der Waals surface area contributed by atoms with E-state index in [0.29, 0.717) is 6.42 Å². The Balaban J connectivity index is 0.00000533. The Bertz CT molecular complexity index is 1230. The van der Waals surface area contributed by atoms with Crippen LogP contribution in [0.4, 0.5) is 0 Å². The predicted octanol–water partition coefficient (Wildman–Crippen LogP) is 2.48. The second kappa shape index (κ2) is 16.9. The molecule has 0 saturated heterocycles. The number of aryl methyl sites for hydroxylation is 1. The highest BCUT2D eigenvalue weighted by Gasteiger charge is 2.22. The van der Waals surface area contributed by atoms with E-state index in [4.69, 9.17) is 9.47 Å². The Kier molecular flexibility index (Phi) is 14.0. The molecule has 8 nitrogen and oxygen atoms in total. The lowest BCUT2D eigenvalue weighted by Gasteiger charge is -2.08. The van der Waals surface area contributed by atoms with E-state index in [0.717, 1.165) is 68.6 Å². The highest BCUT2D eigenvalue weighted by Crippen LogP contribution is 2.22. The fourth-order valence-corrected chi connectivity index (χ4v) is 4.84. The van der Waals surface area contributed by atoms with Gasteiger partial charge < -0.3 is 21.9 Å². The molecular weight excluding hydrogens is 538 g/mol. The summed E-state index contributed by atoms with van der Waals surface area (Å²) in [5, 5.41) is 0. The van der Waals surface area contributed by atoms with Gasteiger partial charge in [-0.05, 0) is 49.1 Å². The molecule has 1 aromatic heterocycles. The van der Waals surface area contributed by atoms with Gasteiger partial charge in [0, 0.05) is 20.5 Å². The summed E-state index contributed by atoms with van der Waals surface area (Å²) >= 11 is 0. The first-order chi connectivity index (χ1) is 18.3. The molecule has 1 heterocycles. The van der Waals surface area contributed by atoms with Crippen molar-refractivity contribution in [1.29, 1.82) is 0 Å². The number of nitrogens with zero attached hydrogens (tertiary/aromatic N) is 3. The number of carbonyl (C=O) groups excluding carboxylic acids is 1. The van der Waals surface area contributed by atoms with Crippen molar-refractivity contribution in [2.45, 2.75) is 70.9 Å². The first kappa shape index (κ1) is 32.3. The molecule has 0 amide bonds. The number of benzene rings is 2. The number of halogens is 1. The van der Waals surface area contributed by atoms with Gasteiger partial charge in [0.05, 0.1) is 6.54 Å². The van der Waals surface area contributed by atoms with Crippen LogP contribution in [0.15, 0.2) is 73.3 Å². The molecule has 0 aliphatic carbocycles. The van der Waals surface area contributed by atoms with E-state index in [1.165, 1.54) is 28.8 Å². The van der Waals surface area contributed by atoms with Crippen LogP contribution in [-0.2, 0) is 32.9 Å². The summed E-state index contributed by atoms with van der Waals surface area (Å²) in [6.07, 6.45) is 14.1. The maximum absolute atomic E-state index is 12.1. The number of ether oxygens (including phenoxy) is 2. The number of imidazole rings is 1. The number of rotatable bonds is 17. The maximum Gasteiger partial charge on any atom is 0.379 e. The van der Waals surface area contributed by atoms with Crippen LogP contribution < -0.4 is 21.7 Å². The van der Waals surface area contributed by atoms with Crippen LogP contribution in [0.5, 0.6) is 11.5 Å². The average molecular weight is 578 g/mol. The molecule has 0 bridgehead atoms. The Morgan fingerprint density at radius 1 is 0.872 bits per heavy atom. The van der Waals surface area contributed by atoms with Crippen molar-refractivity contribution in [3.05, 3.63) is 78.9 Å². The first-order valence-corrected chi connectivity index (χ1v) is 14.7. The molecular formula is C29H40ClN3O5S. The number of esters is 1. The first-order valence-electron chi connectivity index (χ1n) is 13.3. The molecule has 0 atom stereocenters. The largest absolute Gasteiger partial charge is 1.00 e. The molecule has 0 aliphatic rings. The number of hydrogen-bond donors (Lipinski definition) is 0. The monoisotopic (exact) mass is 577 g/mol. The van der Waals surface area contributed by atoms with Crippen molar-refractivity contribution >= 4 is 16.2 Å². The zero-order valence-corrected chi connectivity index (χ0v) is 24.4. The van der Waals surface area contributed by atoms with Gasteiger partial charge in [0.1, 0.15) is 30.5 Å². The van der Waals surface area contributed by atoms with Crippen LogP contribution in [0, 0.1) is 0 Å². The van der Waals surface area contributed by atoms with E-state index < -0.39 is 10.2 Å². The SMILES string of the molecule is CN(C)S(=O)(=O)n1cc[n+](CCCCCCCCCCC(=O)OCc2cccc(Oc3ccccc3)c2)c1.[Cl-]. The molecule has 0 unspecified atom stereocenters. The molecule has 0 aliphatic heterocycles. The fourth-order valence-electron chi connectivity index (χ4n) is 4.02. The lowest BCUT2D eigenvalue weighted by atomic mass is 10.1. The molecule has 3 rings (SSSR count). The number of hydrogen-bond acceptors (Lipinski definition) is 5. The summed E-state index contributed by atoms with van der Waals surface area (Å²) in [5.74, 6) is 1.33. The third-order valence-electron chi connectivity index (χ3n) is 6.22. The molecule has 10 heteroatoms. The van der Waals surface area contributed by atoms with Gasteiger partial charge >= 0.3 is 16.2 Å². The summed E-state index contributed by atoms with van der Waals surface area (Å²) in [4.78, 5) is 12.1. The lowest BCUT2D eigenvalue weighted by molar-refractivity contribution is -0.696. The number of para-hydroxylation sites is 1. The Morgan fingerprint density at radius 2 is 1.51 bits per heavy atom. The molecule has 39 heavy (non-hydrogen) atoms. The molecule has 0 spiro atoms. The predicted molar refractivity (Wildman–Crippen MR) is 147 cm³/mol. The van der Waals surface area contributed by atoms with Gasteiger partial charge in [-0.1, -0.05) is 62.4 Å². The third-order valence-corrected chi connectivity index (χ3v) is 7.89. The minimum atomic E-state index is -3.44. The number of unbranched alkanes of at least 4 members (excludes halogenated alkanes) is 7. The third kappa shape index (κ3) is 11.4. The van der Waals surface area contributed by atoms with Gasteiger partial charge in [-0.3, -0.25) is 4.79 Å². The normalized spacial score (nSPS) is 11.3. The van der Waals surface area contributed by atoms with E-state index >= 15 is 0 Å². The molecule has 214 valence electrons. The van der Waals surface area contributed by atoms with Gasteiger partial charge in [-0.15, -0.1) is 3.97 Å². The summed E-state index contributed by atoms with van der Waals surface area (Å²) in [5.41, 5.74) is 0.904. The lowest BCUT2D eigenvalue weighted by Crippen LogP contribution is -3.00. The highest BCUT2D eigenvalue weighted by molar-refractivity contribution is 7.87. The van der Waals surface area contributed by atoms with Crippen molar-refractivity contribution in [1.82, 2.24) is 8.28 Å². The minimum absolute atomic E-state index is 0. The smallest absolute Gasteiger partial charge is 0.379 e. The van der Waals surface area contributed by atoms with Crippen LogP contribution in [0.1, 0.15) is 63.4 Å². The average Bonchev–Trinajstić information content (AvgIpc) is 3.39. The maximum atomic E-state index is 12.1. The van der Waals surface area contributed by atoms with Crippen LogP contribution in [0.2, 0.25) is 0 Å². The van der Waals surface area contributed by atoms with Gasteiger partial charge in [0.25, 0.3) is 6.33 Å². The summed E-state index contributed by atoms with van der Waals surface area (Å²) in [7, 11) is -0.397. The second-order valence-electron chi connectivity index (χ2n) is 9.57. The van der Waals surface area contributed by atoms with Crippen molar-refractivity contribution < 1.29 is 39.7 Å². The molecule has 0 fully saturated rings.